The van der Waals surface area contributed by atoms with Gasteiger partial charge < -0.3 is 15.2 Å². The minimum absolute atomic E-state index is 0.0252. The highest BCUT2D eigenvalue weighted by molar-refractivity contribution is 6.31. The van der Waals surface area contributed by atoms with Crippen LogP contribution in [0.2, 0.25) is 5.02 Å². The molecule has 0 saturated heterocycles. The summed E-state index contributed by atoms with van der Waals surface area (Å²) < 4.78 is 0. The summed E-state index contributed by atoms with van der Waals surface area (Å²) in [4.78, 5) is 32.6. The number of aromatic nitrogens is 2. The first-order valence-electron chi connectivity index (χ1n) is 7.17. The number of hydrogen-bond acceptors (Lipinski definition) is 3. The van der Waals surface area contributed by atoms with Crippen LogP contribution in [0.5, 0.6) is 0 Å². The van der Waals surface area contributed by atoms with Gasteiger partial charge in [0.15, 0.2) is 0 Å². The second-order valence-electron chi connectivity index (χ2n) is 5.13. The van der Waals surface area contributed by atoms with E-state index in [-0.39, 0.29) is 18.4 Å². The van der Waals surface area contributed by atoms with Gasteiger partial charge in [0.1, 0.15) is 11.3 Å². The number of hydrogen-bond donors (Lipinski definition) is 2. The molecular formula is C15H19ClN4O2. The maximum Gasteiger partial charge on any atom is 0.268 e. The predicted molar refractivity (Wildman–Crippen MR) is 86.0 cm³/mol. The van der Waals surface area contributed by atoms with Crippen LogP contribution in [0.4, 0.5) is 0 Å². The summed E-state index contributed by atoms with van der Waals surface area (Å²) in [7, 11) is 1.74. The second-order valence-corrected chi connectivity index (χ2v) is 5.56. The van der Waals surface area contributed by atoms with Crippen molar-refractivity contribution in [2.75, 3.05) is 20.1 Å². The fourth-order valence-corrected chi connectivity index (χ4v) is 2.18. The Bertz CT molecular complexity index is 683. The smallest absolute Gasteiger partial charge is 0.268 e. The molecule has 0 aliphatic heterocycles. The van der Waals surface area contributed by atoms with Crippen molar-refractivity contribution in [3.8, 4) is 0 Å². The maximum atomic E-state index is 12.1. The number of H-pyrrole nitrogens is 1. The van der Waals surface area contributed by atoms with E-state index in [1.807, 2.05) is 0 Å². The highest BCUT2D eigenvalue weighted by atomic mass is 35.5. The van der Waals surface area contributed by atoms with E-state index in [0.29, 0.717) is 22.9 Å². The first-order chi connectivity index (χ1) is 10.5. The summed E-state index contributed by atoms with van der Waals surface area (Å²) in [6.45, 7) is 2.74. The van der Waals surface area contributed by atoms with Gasteiger partial charge in [-0.3, -0.25) is 9.59 Å². The Balaban J connectivity index is 1.95. The first-order valence-corrected chi connectivity index (χ1v) is 7.55. The monoisotopic (exact) mass is 322 g/mol. The third-order valence-corrected chi connectivity index (χ3v) is 3.56. The van der Waals surface area contributed by atoms with E-state index in [0.717, 1.165) is 18.2 Å². The summed E-state index contributed by atoms with van der Waals surface area (Å²) in [6.07, 6.45) is 3.48. The van der Waals surface area contributed by atoms with E-state index < -0.39 is 0 Å². The molecule has 118 valence electrons. The summed E-state index contributed by atoms with van der Waals surface area (Å²) in [5.41, 5.74) is 0.940. The van der Waals surface area contributed by atoms with Crippen molar-refractivity contribution in [1.82, 2.24) is 20.2 Å². The number of unbranched alkanes of at least 4 members (excludes halogenated alkanes) is 1. The van der Waals surface area contributed by atoms with E-state index >= 15 is 0 Å². The summed E-state index contributed by atoms with van der Waals surface area (Å²) in [6, 6.07) is 3.38. The second kappa shape index (κ2) is 7.26. The van der Waals surface area contributed by atoms with Crippen molar-refractivity contribution < 1.29 is 9.59 Å². The Morgan fingerprint density at radius 3 is 2.91 bits per heavy atom. The third-order valence-electron chi connectivity index (χ3n) is 3.35. The summed E-state index contributed by atoms with van der Waals surface area (Å²) in [5.74, 6) is -0.453. The minimum atomic E-state index is -0.341. The lowest BCUT2D eigenvalue weighted by Gasteiger charge is -2.16. The average molecular weight is 323 g/mol. The molecule has 0 radical (unpaired) electrons. The number of pyridine rings is 1. The fraction of sp³-hybridized carbons (Fsp3) is 0.400. The van der Waals surface area contributed by atoms with Crippen molar-refractivity contribution in [3.63, 3.8) is 0 Å². The van der Waals surface area contributed by atoms with Crippen LogP contribution in [0, 0.1) is 0 Å². The zero-order valence-electron chi connectivity index (χ0n) is 12.6. The van der Waals surface area contributed by atoms with Crippen LogP contribution < -0.4 is 5.32 Å². The number of amides is 2. The third kappa shape index (κ3) is 3.98. The van der Waals surface area contributed by atoms with Gasteiger partial charge in [0.05, 0.1) is 11.6 Å². The zero-order valence-corrected chi connectivity index (χ0v) is 13.4. The van der Waals surface area contributed by atoms with Crippen LogP contribution in [0.25, 0.3) is 11.0 Å². The molecule has 2 N–H and O–H groups in total. The largest absolute Gasteiger partial charge is 0.344 e. The van der Waals surface area contributed by atoms with E-state index in [4.69, 9.17) is 11.6 Å². The van der Waals surface area contributed by atoms with Gasteiger partial charge in [-0.25, -0.2) is 4.98 Å². The van der Waals surface area contributed by atoms with Gasteiger partial charge in [0, 0.05) is 25.2 Å². The van der Waals surface area contributed by atoms with Gasteiger partial charge in [-0.05, 0) is 18.6 Å². The fourth-order valence-electron chi connectivity index (χ4n) is 2.02. The number of rotatable bonds is 6. The summed E-state index contributed by atoms with van der Waals surface area (Å²) in [5, 5.41) is 3.87. The lowest BCUT2D eigenvalue weighted by molar-refractivity contribution is -0.128. The lowest BCUT2D eigenvalue weighted by Crippen LogP contribution is -2.38. The van der Waals surface area contributed by atoms with Crippen LogP contribution >= 0.6 is 11.6 Å². The number of carbonyl (C=O) groups is 2. The molecule has 2 heterocycles. The van der Waals surface area contributed by atoms with Crippen molar-refractivity contribution in [1.29, 1.82) is 0 Å². The number of aromatic amines is 1. The molecule has 0 spiro atoms. The molecule has 0 aromatic carbocycles. The number of fused-ring (bicyclic) bond motifs is 1. The average Bonchev–Trinajstić information content (AvgIpc) is 2.92. The molecule has 0 saturated carbocycles. The molecule has 0 fully saturated rings. The molecule has 2 aromatic heterocycles. The normalized spacial score (nSPS) is 10.7. The lowest BCUT2D eigenvalue weighted by atomic mass is 10.3. The predicted octanol–water partition coefficient (Wildman–Crippen LogP) is 2.20. The van der Waals surface area contributed by atoms with E-state index in [9.17, 15) is 9.59 Å². The van der Waals surface area contributed by atoms with Gasteiger partial charge in [-0.15, -0.1) is 0 Å². The zero-order chi connectivity index (χ0) is 16.1. The van der Waals surface area contributed by atoms with Crippen molar-refractivity contribution in [2.45, 2.75) is 19.8 Å². The Hall–Kier alpha value is -2.08. The number of nitrogens with one attached hydrogen (secondary N) is 2. The van der Waals surface area contributed by atoms with Crippen LogP contribution in [0.1, 0.15) is 30.3 Å². The van der Waals surface area contributed by atoms with Crippen LogP contribution in [-0.2, 0) is 4.79 Å². The molecule has 2 amide bonds. The molecule has 2 aromatic rings. The summed E-state index contributed by atoms with van der Waals surface area (Å²) >= 11 is 5.86. The topological polar surface area (TPSA) is 78.1 Å². The van der Waals surface area contributed by atoms with Gasteiger partial charge in [-0.2, -0.15) is 0 Å². The van der Waals surface area contributed by atoms with Crippen molar-refractivity contribution >= 4 is 34.4 Å². The van der Waals surface area contributed by atoms with Gasteiger partial charge in [0.25, 0.3) is 5.91 Å². The van der Waals surface area contributed by atoms with Crippen molar-refractivity contribution in [3.05, 3.63) is 29.0 Å². The van der Waals surface area contributed by atoms with Crippen molar-refractivity contribution in [2.24, 2.45) is 0 Å². The van der Waals surface area contributed by atoms with E-state index in [2.05, 4.69) is 22.2 Å². The molecule has 7 heteroatoms. The van der Waals surface area contributed by atoms with Gasteiger partial charge in [-0.1, -0.05) is 24.9 Å². The minimum Gasteiger partial charge on any atom is -0.344 e. The van der Waals surface area contributed by atoms with Gasteiger partial charge >= 0.3 is 0 Å². The van der Waals surface area contributed by atoms with E-state index in [1.54, 1.807) is 24.1 Å². The number of carbonyl (C=O) groups excluding carboxylic acids is 2. The number of likely N-dealkylation sites (N-methyl/N-ethyl adjacent to an activating group) is 1. The number of nitrogens with zero attached hydrogens (tertiary/aromatic N) is 2. The van der Waals surface area contributed by atoms with Crippen LogP contribution in [0.3, 0.4) is 0 Å². The Kier molecular flexibility index (Phi) is 5.38. The molecule has 0 unspecified atom stereocenters. The van der Waals surface area contributed by atoms with Gasteiger partial charge in [0.2, 0.25) is 5.91 Å². The molecule has 0 aliphatic carbocycles. The molecule has 22 heavy (non-hydrogen) atoms. The Labute approximate surface area is 133 Å². The van der Waals surface area contributed by atoms with E-state index in [1.165, 1.54) is 6.20 Å². The SMILES string of the molecule is CCCCN(C)C(=O)CNC(=O)c1cc2cc(Cl)cnc2[nH]1. The Morgan fingerprint density at radius 2 is 2.18 bits per heavy atom. The van der Waals surface area contributed by atoms with Crippen LogP contribution in [0.15, 0.2) is 18.3 Å². The molecule has 0 bridgehead atoms. The Morgan fingerprint density at radius 1 is 1.41 bits per heavy atom. The highest BCUT2D eigenvalue weighted by Crippen LogP contribution is 2.17. The molecule has 2 rings (SSSR count). The first kappa shape index (κ1) is 16.3. The molecule has 0 aliphatic rings. The molecule has 0 atom stereocenters. The quantitative estimate of drug-likeness (QED) is 0.856. The highest BCUT2D eigenvalue weighted by Gasteiger charge is 2.13. The van der Waals surface area contributed by atoms with Crippen LogP contribution in [-0.4, -0.2) is 46.8 Å². The number of halogens is 1. The molecular weight excluding hydrogens is 304 g/mol. The maximum absolute atomic E-state index is 12.1. The molecule has 6 nitrogen and oxygen atoms in total. The standard InChI is InChI=1S/C15H19ClN4O2/c1-3-4-5-20(2)13(21)9-18-15(22)12-7-10-6-11(16)8-17-14(10)19-12/h6-8H,3-5,9H2,1-2H3,(H,17,19)(H,18,22).